The van der Waals surface area contributed by atoms with E-state index in [9.17, 15) is 5.26 Å². The first-order chi connectivity index (χ1) is 8.24. The Morgan fingerprint density at radius 1 is 1.24 bits per heavy atom. The van der Waals surface area contributed by atoms with Crippen molar-refractivity contribution < 1.29 is 0 Å². The smallest absolute Gasteiger partial charge is 0.102 e. The summed E-state index contributed by atoms with van der Waals surface area (Å²) >= 11 is 11.2. The average molecular weight is 325 g/mol. The monoisotopic (exact) mass is 323 g/mol. The van der Waals surface area contributed by atoms with Gasteiger partial charge in [0.15, 0.2) is 0 Å². The van der Waals surface area contributed by atoms with Crippen molar-refractivity contribution in [1.29, 1.82) is 5.26 Å². The molecule has 0 aliphatic heterocycles. The molecule has 84 valence electrons. The number of allylic oxidation sites excluding steroid dienone is 1. The molecule has 0 N–H and O–H groups in total. The largest absolute Gasteiger partial charge is 0.192 e. The van der Waals surface area contributed by atoms with Crippen molar-refractivity contribution in [3.8, 4) is 6.07 Å². The Kier molecular flexibility index (Phi) is 4.01. The molecule has 1 nitrogen and oxygen atoms in total. The fourth-order valence-corrected chi connectivity index (χ4v) is 3.10. The molecule has 1 aromatic carbocycles. The van der Waals surface area contributed by atoms with Gasteiger partial charge in [-0.25, -0.2) is 0 Å². The van der Waals surface area contributed by atoms with Crippen LogP contribution in [-0.4, -0.2) is 0 Å². The Morgan fingerprint density at radius 3 is 2.59 bits per heavy atom. The summed E-state index contributed by atoms with van der Waals surface area (Å²) in [5.74, 6) is 0. The van der Waals surface area contributed by atoms with Crippen LogP contribution in [0.4, 0.5) is 0 Å². The van der Waals surface area contributed by atoms with E-state index in [2.05, 4.69) is 22.0 Å². The van der Waals surface area contributed by atoms with Crippen molar-refractivity contribution in [1.82, 2.24) is 0 Å². The number of hydrogen-bond acceptors (Lipinski definition) is 2. The van der Waals surface area contributed by atoms with E-state index in [1.165, 1.54) is 11.3 Å². The molecule has 4 heteroatoms. The number of rotatable bonds is 2. The van der Waals surface area contributed by atoms with E-state index in [1.54, 1.807) is 0 Å². The predicted octanol–water partition coefficient (Wildman–Crippen LogP) is 5.14. The van der Waals surface area contributed by atoms with Crippen LogP contribution in [0, 0.1) is 11.3 Å². The van der Waals surface area contributed by atoms with E-state index >= 15 is 0 Å². The molecule has 0 bridgehead atoms. The summed E-state index contributed by atoms with van der Waals surface area (Å²) < 4.78 is 0.884. The molecule has 0 spiro atoms. The van der Waals surface area contributed by atoms with Gasteiger partial charge in [0.2, 0.25) is 0 Å². The van der Waals surface area contributed by atoms with Crippen LogP contribution in [-0.2, 0) is 0 Å². The lowest BCUT2D eigenvalue weighted by Gasteiger charge is -2.04. The zero-order valence-corrected chi connectivity index (χ0v) is 11.8. The van der Waals surface area contributed by atoms with Gasteiger partial charge in [0.1, 0.15) is 6.07 Å². The molecule has 2 rings (SSSR count). The van der Waals surface area contributed by atoms with Crippen LogP contribution >= 0.6 is 38.9 Å². The van der Waals surface area contributed by atoms with Gasteiger partial charge in [-0.05, 0) is 17.5 Å². The average Bonchev–Trinajstić information content (AvgIpc) is 2.84. The quantitative estimate of drug-likeness (QED) is 0.702. The first-order valence-electron chi connectivity index (χ1n) is 4.82. The number of thiophene rings is 1. The van der Waals surface area contributed by atoms with Gasteiger partial charge in [0.25, 0.3) is 0 Å². The summed E-state index contributed by atoms with van der Waals surface area (Å²) in [7, 11) is 0. The minimum atomic E-state index is 0.474. The van der Waals surface area contributed by atoms with Crippen molar-refractivity contribution in [3.05, 3.63) is 56.7 Å². The molecule has 0 amide bonds. The first kappa shape index (κ1) is 12.4. The fraction of sp³-hybridized carbons (Fsp3) is 0. The summed E-state index contributed by atoms with van der Waals surface area (Å²) in [5.41, 5.74) is 1.34. The molecule has 0 aliphatic carbocycles. The highest BCUT2D eigenvalue weighted by Gasteiger charge is 2.12. The third kappa shape index (κ3) is 2.61. The molecule has 0 unspecified atom stereocenters. The zero-order valence-electron chi connectivity index (χ0n) is 8.65. The maximum absolute atomic E-state index is 9.22. The van der Waals surface area contributed by atoms with Crippen molar-refractivity contribution in [2.24, 2.45) is 0 Å². The van der Waals surface area contributed by atoms with E-state index in [-0.39, 0.29) is 0 Å². The standard InChI is InChI=1S/C13H7BrClNS/c14-11-5-2-1-4-9(11)13(15)10(8-16)12-6-3-7-17-12/h1-7H/b13-10-. The molecule has 2 aromatic rings. The minimum Gasteiger partial charge on any atom is -0.192 e. The summed E-state index contributed by atoms with van der Waals surface area (Å²) in [6.45, 7) is 0. The van der Waals surface area contributed by atoms with Crippen LogP contribution in [0.5, 0.6) is 0 Å². The maximum atomic E-state index is 9.22. The van der Waals surface area contributed by atoms with Gasteiger partial charge < -0.3 is 0 Å². The first-order valence-corrected chi connectivity index (χ1v) is 6.87. The fourth-order valence-electron chi connectivity index (χ4n) is 1.41. The lowest BCUT2D eigenvalue weighted by atomic mass is 10.1. The van der Waals surface area contributed by atoms with Crippen LogP contribution in [0.15, 0.2) is 46.3 Å². The molecule has 0 fully saturated rings. The van der Waals surface area contributed by atoms with Crippen molar-refractivity contribution in [2.75, 3.05) is 0 Å². The van der Waals surface area contributed by atoms with Crippen LogP contribution in [0.3, 0.4) is 0 Å². The predicted molar refractivity (Wildman–Crippen MR) is 76.7 cm³/mol. The highest BCUT2D eigenvalue weighted by molar-refractivity contribution is 9.10. The number of nitriles is 1. The van der Waals surface area contributed by atoms with Crippen molar-refractivity contribution in [3.63, 3.8) is 0 Å². The molecule has 1 aromatic heterocycles. The second-order valence-electron chi connectivity index (χ2n) is 3.26. The molecule has 0 saturated heterocycles. The molecule has 1 heterocycles. The lowest BCUT2D eigenvalue weighted by Crippen LogP contribution is -1.84. The molecule has 0 saturated carbocycles. The highest BCUT2D eigenvalue weighted by Crippen LogP contribution is 2.34. The SMILES string of the molecule is N#C/C(=C(/Cl)c1ccccc1Br)c1cccs1. The summed E-state index contributed by atoms with van der Waals surface area (Å²) in [4.78, 5) is 0.883. The third-order valence-corrected chi connectivity index (χ3v) is 4.18. The van der Waals surface area contributed by atoms with Crippen LogP contribution in [0.2, 0.25) is 0 Å². The molecular weight excluding hydrogens is 318 g/mol. The van der Waals surface area contributed by atoms with Gasteiger partial charge in [0.05, 0.1) is 10.6 Å². The van der Waals surface area contributed by atoms with Crippen molar-refractivity contribution in [2.45, 2.75) is 0 Å². The van der Waals surface area contributed by atoms with Crippen molar-refractivity contribution >= 4 is 49.5 Å². The Morgan fingerprint density at radius 2 is 2.00 bits per heavy atom. The van der Waals surface area contributed by atoms with Gasteiger partial charge in [-0.2, -0.15) is 5.26 Å². The normalized spacial score (nSPS) is 11.8. The van der Waals surface area contributed by atoms with E-state index in [1.807, 2.05) is 41.8 Å². The van der Waals surface area contributed by atoms with E-state index in [0.29, 0.717) is 10.6 Å². The summed E-state index contributed by atoms with van der Waals surface area (Å²) in [6.07, 6.45) is 0. The summed E-state index contributed by atoms with van der Waals surface area (Å²) in [5, 5.41) is 11.6. The van der Waals surface area contributed by atoms with Gasteiger partial charge in [-0.1, -0.05) is 51.8 Å². The molecule has 0 radical (unpaired) electrons. The third-order valence-electron chi connectivity index (χ3n) is 2.21. The van der Waals surface area contributed by atoms with E-state index in [0.717, 1.165) is 14.9 Å². The second kappa shape index (κ2) is 5.50. The Hall–Kier alpha value is -1.08. The van der Waals surface area contributed by atoms with Gasteiger partial charge >= 0.3 is 0 Å². The number of benzene rings is 1. The van der Waals surface area contributed by atoms with E-state index in [4.69, 9.17) is 11.6 Å². The lowest BCUT2D eigenvalue weighted by molar-refractivity contribution is 1.53. The van der Waals surface area contributed by atoms with Crippen LogP contribution in [0.1, 0.15) is 10.4 Å². The zero-order chi connectivity index (χ0) is 12.3. The summed E-state index contributed by atoms with van der Waals surface area (Å²) in [6, 6.07) is 13.6. The van der Waals surface area contributed by atoms with Gasteiger partial charge in [-0.3, -0.25) is 0 Å². The molecular formula is C13H7BrClNS. The van der Waals surface area contributed by atoms with E-state index < -0.39 is 0 Å². The maximum Gasteiger partial charge on any atom is 0.102 e. The van der Waals surface area contributed by atoms with Crippen LogP contribution in [0.25, 0.3) is 10.6 Å². The molecule has 0 atom stereocenters. The number of nitrogens with zero attached hydrogens (tertiary/aromatic N) is 1. The Labute approximate surface area is 117 Å². The Bertz CT molecular complexity index is 596. The number of hydrogen-bond donors (Lipinski definition) is 0. The topological polar surface area (TPSA) is 23.8 Å². The Balaban J connectivity index is 2.58. The van der Waals surface area contributed by atoms with Gasteiger partial charge in [-0.15, -0.1) is 11.3 Å². The molecule has 0 aliphatic rings. The number of halogens is 2. The van der Waals surface area contributed by atoms with Crippen LogP contribution < -0.4 is 0 Å². The minimum absolute atomic E-state index is 0.474. The van der Waals surface area contributed by atoms with Gasteiger partial charge in [0, 0.05) is 14.9 Å². The highest BCUT2D eigenvalue weighted by atomic mass is 79.9. The second-order valence-corrected chi connectivity index (χ2v) is 5.44. The molecule has 17 heavy (non-hydrogen) atoms.